The molecule has 3 amide bonds. The van der Waals surface area contributed by atoms with Gasteiger partial charge in [-0.2, -0.15) is 0 Å². The Hall–Kier alpha value is -2.43. The average molecular weight is 295 g/mol. The number of nitrogens with zero attached hydrogens (tertiary/aromatic N) is 3. The van der Waals surface area contributed by atoms with E-state index in [1.54, 1.807) is 4.90 Å². The molecular weight excluding hydrogens is 278 g/mol. The van der Waals surface area contributed by atoms with Crippen LogP contribution in [0.5, 0.6) is 0 Å². The van der Waals surface area contributed by atoms with Crippen molar-refractivity contribution in [1.29, 1.82) is 0 Å². The maximum Gasteiger partial charge on any atom is 0.327 e. The number of imide groups is 1. The molecule has 0 atom stereocenters. The molecule has 0 radical (unpaired) electrons. The third kappa shape index (κ3) is 2.13. The summed E-state index contributed by atoms with van der Waals surface area (Å²) in [5.41, 5.74) is 2.77. The molecule has 0 spiro atoms. The Morgan fingerprint density at radius 3 is 2.77 bits per heavy atom. The standard InChI is InChI=1S/C17H17N3O2/c1-11-8-12(14-4-2-3-5-15(14)18-11)9-20-16(21)10-19(17(20)22)13-6-7-13/h2-5,8,13H,6-7,9-10H2,1H3. The summed E-state index contributed by atoms with van der Waals surface area (Å²) >= 11 is 0. The van der Waals surface area contributed by atoms with E-state index >= 15 is 0 Å². The second-order valence-electron chi connectivity index (χ2n) is 6.06. The number of hydrogen-bond donors (Lipinski definition) is 0. The molecule has 1 aliphatic heterocycles. The Morgan fingerprint density at radius 2 is 2.00 bits per heavy atom. The third-order valence-electron chi connectivity index (χ3n) is 4.33. The summed E-state index contributed by atoms with van der Waals surface area (Å²) in [5, 5.41) is 0.999. The Balaban J connectivity index is 1.68. The quantitative estimate of drug-likeness (QED) is 0.817. The molecule has 4 rings (SSSR count). The van der Waals surface area contributed by atoms with Crippen LogP contribution in [0.1, 0.15) is 24.1 Å². The van der Waals surface area contributed by atoms with Gasteiger partial charge in [-0.1, -0.05) is 18.2 Å². The van der Waals surface area contributed by atoms with E-state index in [9.17, 15) is 9.59 Å². The fourth-order valence-corrected chi connectivity index (χ4v) is 3.08. The van der Waals surface area contributed by atoms with Crippen LogP contribution in [0.25, 0.3) is 10.9 Å². The lowest BCUT2D eigenvalue weighted by atomic mass is 10.1. The van der Waals surface area contributed by atoms with Crippen LogP contribution in [0.4, 0.5) is 4.79 Å². The minimum Gasteiger partial charge on any atom is -0.312 e. The number of rotatable bonds is 3. The van der Waals surface area contributed by atoms with Crippen LogP contribution < -0.4 is 0 Å². The summed E-state index contributed by atoms with van der Waals surface area (Å²) in [7, 11) is 0. The van der Waals surface area contributed by atoms with E-state index in [0.29, 0.717) is 6.54 Å². The number of fused-ring (bicyclic) bond motifs is 1. The zero-order chi connectivity index (χ0) is 15.3. The number of carbonyl (C=O) groups is 2. The molecule has 2 heterocycles. The Kier molecular flexibility index (Phi) is 2.89. The maximum absolute atomic E-state index is 12.4. The minimum atomic E-state index is -0.147. The highest BCUT2D eigenvalue weighted by atomic mass is 16.2. The van der Waals surface area contributed by atoms with Gasteiger partial charge in [0.2, 0.25) is 0 Å². The molecular formula is C17H17N3O2. The molecule has 2 fully saturated rings. The summed E-state index contributed by atoms with van der Waals surface area (Å²) in [6.45, 7) is 2.48. The van der Waals surface area contributed by atoms with Crippen molar-refractivity contribution in [2.45, 2.75) is 32.4 Å². The first-order valence-corrected chi connectivity index (χ1v) is 7.60. The lowest BCUT2D eigenvalue weighted by Gasteiger charge is -2.17. The lowest BCUT2D eigenvalue weighted by molar-refractivity contribution is -0.125. The molecule has 0 N–H and O–H groups in total. The van der Waals surface area contributed by atoms with Crippen LogP contribution in [0.3, 0.4) is 0 Å². The van der Waals surface area contributed by atoms with Gasteiger partial charge in [0.15, 0.2) is 0 Å². The highest BCUT2D eigenvalue weighted by Crippen LogP contribution is 2.31. The molecule has 2 aromatic rings. The Bertz CT molecular complexity index is 783. The number of carbonyl (C=O) groups excluding carboxylic acids is 2. The third-order valence-corrected chi connectivity index (χ3v) is 4.33. The molecule has 2 aliphatic rings. The van der Waals surface area contributed by atoms with Crippen molar-refractivity contribution in [2.24, 2.45) is 0 Å². The SMILES string of the molecule is Cc1cc(CN2C(=O)CN(C3CC3)C2=O)c2ccccc2n1. The van der Waals surface area contributed by atoms with E-state index in [4.69, 9.17) is 0 Å². The van der Waals surface area contributed by atoms with E-state index in [0.717, 1.165) is 35.0 Å². The van der Waals surface area contributed by atoms with E-state index in [2.05, 4.69) is 4.98 Å². The first-order valence-electron chi connectivity index (χ1n) is 7.60. The molecule has 5 nitrogen and oxygen atoms in total. The van der Waals surface area contributed by atoms with Gasteiger partial charge in [0.25, 0.3) is 5.91 Å². The predicted octanol–water partition coefficient (Wildman–Crippen LogP) is 2.47. The number of para-hydroxylation sites is 1. The topological polar surface area (TPSA) is 53.5 Å². The number of hydrogen-bond acceptors (Lipinski definition) is 3. The Morgan fingerprint density at radius 1 is 1.23 bits per heavy atom. The van der Waals surface area contributed by atoms with Crippen LogP contribution >= 0.6 is 0 Å². The van der Waals surface area contributed by atoms with E-state index in [1.807, 2.05) is 37.3 Å². The van der Waals surface area contributed by atoms with Crippen molar-refractivity contribution >= 4 is 22.8 Å². The van der Waals surface area contributed by atoms with Gasteiger partial charge < -0.3 is 4.90 Å². The molecule has 1 aromatic carbocycles. The molecule has 112 valence electrons. The van der Waals surface area contributed by atoms with Gasteiger partial charge in [-0.05, 0) is 37.5 Å². The summed E-state index contributed by atoms with van der Waals surface area (Å²) in [6.07, 6.45) is 2.04. The van der Waals surface area contributed by atoms with Crippen molar-refractivity contribution in [3.05, 3.63) is 41.6 Å². The van der Waals surface area contributed by atoms with Crippen LogP contribution in [-0.4, -0.2) is 39.3 Å². The number of pyridine rings is 1. The number of aromatic nitrogens is 1. The van der Waals surface area contributed by atoms with Crippen LogP contribution in [0.2, 0.25) is 0 Å². The molecule has 1 saturated heterocycles. The predicted molar refractivity (Wildman–Crippen MR) is 82.2 cm³/mol. The molecule has 0 bridgehead atoms. The zero-order valence-corrected chi connectivity index (χ0v) is 12.5. The lowest BCUT2D eigenvalue weighted by Crippen LogP contribution is -2.33. The summed E-state index contributed by atoms with van der Waals surface area (Å²) < 4.78 is 0. The van der Waals surface area contributed by atoms with Crippen molar-refractivity contribution in [3.63, 3.8) is 0 Å². The summed E-state index contributed by atoms with van der Waals surface area (Å²) in [4.78, 5) is 32.2. The second-order valence-corrected chi connectivity index (χ2v) is 6.06. The number of benzene rings is 1. The summed E-state index contributed by atoms with van der Waals surface area (Å²) in [6, 6.07) is 9.93. The van der Waals surface area contributed by atoms with Gasteiger partial charge in [-0.3, -0.25) is 14.7 Å². The molecule has 5 heteroatoms. The van der Waals surface area contributed by atoms with Crippen molar-refractivity contribution in [1.82, 2.24) is 14.8 Å². The first kappa shape index (κ1) is 13.2. The fourth-order valence-electron chi connectivity index (χ4n) is 3.08. The number of urea groups is 1. The van der Waals surface area contributed by atoms with Gasteiger partial charge >= 0.3 is 6.03 Å². The van der Waals surface area contributed by atoms with E-state index in [-0.39, 0.29) is 24.5 Å². The molecule has 1 aliphatic carbocycles. The highest BCUT2D eigenvalue weighted by molar-refractivity contribution is 6.02. The zero-order valence-electron chi connectivity index (χ0n) is 12.5. The Labute approximate surface area is 128 Å². The maximum atomic E-state index is 12.4. The van der Waals surface area contributed by atoms with E-state index in [1.165, 1.54) is 4.90 Å². The fraction of sp³-hybridized carbons (Fsp3) is 0.353. The van der Waals surface area contributed by atoms with Crippen molar-refractivity contribution in [3.8, 4) is 0 Å². The second kappa shape index (κ2) is 4.80. The minimum absolute atomic E-state index is 0.101. The van der Waals surface area contributed by atoms with Crippen molar-refractivity contribution in [2.75, 3.05) is 6.54 Å². The van der Waals surface area contributed by atoms with Crippen molar-refractivity contribution < 1.29 is 9.59 Å². The van der Waals surface area contributed by atoms with Gasteiger partial charge in [0, 0.05) is 17.1 Å². The first-order chi connectivity index (χ1) is 10.6. The number of amides is 3. The van der Waals surface area contributed by atoms with Crippen LogP contribution in [0.15, 0.2) is 30.3 Å². The smallest absolute Gasteiger partial charge is 0.312 e. The molecule has 22 heavy (non-hydrogen) atoms. The van der Waals surface area contributed by atoms with E-state index < -0.39 is 0 Å². The molecule has 1 aromatic heterocycles. The average Bonchev–Trinajstić information content (AvgIpc) is 3.29. The highest BCUT2D eigenvalue weighted by Gasteiger charge is 2.43. The van der Waals surface area contributed by atoms with Gasteiger partial charge in [0.1, 0.15) is 6.54 Å². The van der Waals surface area contributed by atoms with Gasteiger partial charge in [-0.25, -0.2) is 4.79 Å². The number of aryl methyl sites for hydroxylation is 1. The molecule has 0 unspecified atom stereocenters. The largest absolute Gasteiger partial charge is 0.327 e. The molecule has 1 saturated carbocycles. The van der Waals surface area contributed by atoms with Crippen LogP contribution in [0, 0.1) is 6.92 Å². The van der Waals surface area contributed by atoms with Gasteiger partial charge in [0.05, 0.1) is 12.1 Å². The normalized spacial score (nSPS) is 18.6. The summed E-state index contributed by atoms with van der Waals surface area (Å²) in [5.74, 6) is -0.101. The van der Waals surface area contributed by atoms with Gasteiger partial charge in [-0.15, -0.1) is 0 Å². The monoisotopic (exact) mass is 295 g/mol. The van der Waals surface area contributed by atoms with Crippen LogP contribution in [-0.2, 0) is 11.3 Å².